The summed E-state index contributed by atoms with van der Waals surface area (Å²) >= 11 is 0. The van der Waals surface area contributed by atoms with Crippen LogP contribution in [0.2, 0.25) is 0 Å². The van der Waals surface area contributed by atoms with E-state index in [4.69, 9.17) is 5.73 Å². The lowest BCUT2D eigenvalue weighted by atomic mass is 10.3. The van der Waals surface area contributed by atoms with Crippen LogP contribution in [0.5, 0.6) is 0 Å². The molecular formula is C7H10N4O2. The molecule has 0 radical (unpaired) electrons. The van der Waals surface area contributed by atoms with E-state index in [-0.39, 0.29) is 5.91 Å². The van der Waals surface area contributed by atoms with Crippen molar-refractivity contribution in [3.63, 3.8) is 0 Å². The number of nitrogens with zero attached hydrogens (tertiary/aromatic N) is 1. The van der Waals surface area contributed by atoms with E-state index in [0.717, 1.165) is 0 Å². The minimum absolute atomic E-state index is 0.369. The molecule has 1 aromatic rings. The summed E-state index contributed by atoms with van der Waals surface area (Å²) in [6, 6.07) is -0.678. The number of hydrogen-bond donors (Lipinski definition) is 3. The van der Waals surface area contributed by atoms with Crippen molar-refractivity contribution in [3.8, 4) is 0 Å². The third-order valence-corrected chi connectivity index (χ3v) is 1.53. The van der Waals surface area contributed by atoms with E-state index in [9.17, 15) is 9.59 Å². The van der Waals surface area contributed by atoms with Gasteiger partial charge in [-0.3, -0.25) is 14.7 Å². The van der Waals surface area contributed by atoms with E-state index in [1.54, 1.807) is 0 Å². The Bertz CT molecular complexity index is 306. The van der Waals surface area contributed by atoms with Gasteiger partial charge < -0.3 is 11.1 Å². The van der Waals surface area contributed by atoms with E-state index >= 15 is 0 Å². The molecule has 0 saturated carbocycles. The van der Waals surface area contributed by atoms with Crippen molar-refractivity contribution in [3.05, 3.63) is 18.0 Å². The lowest BCUT2D eigenvalue weighted by Crippen LogP contribution is -2.42. The molecule has 0 aliphatic heterocycles. The maximum Gasteiger partial charge on any atom is 0.255 e. The number of carbonyl (C=O) groups excluding carboxylic acids is 2. The van der Waals surface area contributed by atoms with Crippen LogP contribution in [0.4, 0.5) is 0 Å². The predicted molar refractivity (Wildman–Crippen MR) is 44.7 cm³/mol. The fourth-order valence-corrected chi connectivity index (χ4v) is 0.726. The largest absolute Gasteiger partial charge is 0.368 e. The Balaban J connectivity index is 2.56. The first-order valence-corrected chi connectivity index (χ1v) is 3.70. The van der Waals surface area contributed by atoms with Gasteiger partial charge in [0.05, 0.1) is 11.8 Å². The lowest BCUT2D eigenvalue weighted by Gasteiger charge is -2.07. The molecule has 1 unspecified atom stereocenters. The Morgan fingerprint density at radius 3 is 2.85 bits per heavy atom. The van der Waals surface area contributed by atoms with Crippen molar-refractivity contribution in [2.75, 3.05) is 0 Å². The quantitative estimate of drug-likeness (QED) is 0.559. The minimum atomic E-state index is -0.678. The van der Waals surface area contributed by atoms with Gasteiger partial charge >= 0.3 is 0 Å². The highest BCUT2D eigenvalue weighted by atomic mass is 16.2. The molecule has 1 rings (SSSR count). The lowest BCUT2D eigenvalue weighted by molar-refractivity contribution is -0.119. The Labute approximate surface area is 74.5 Å². The first kappa shape index (κ1) is 9.24. The van der Waals surface area contributed by atoms with Crippen molar-refractivity contribution >= 4 is 11.8 Å². The highest BCUT2D eigenvalue weighted by Crippen LogP contribution is 1.93. The molecule has 0 aliphatic rings. The maximum atomic E-state index is 11.2. The van der Waals surface area contributed by atoms with Crippen molar-refractivity contribution in [1.82, 2.24) is 15.5 Å². The number of aromatic amines is 1. The molecule has 0 bridgehead atoms. The number of aromatic nitrogens is 2. The normalized spacial score (nSPS) is 12.1. The van der Waals surface area contributed by atoms with Gasteiger partial charge in [-0.2, -0.15) is 5.10 Å². The summed E-state index contributed by atoms with van der Waals surface area (Å²) in [5.74, 6) is -0.947. The molecule has 1 heterocycles. The first-order valence-electron chi connectivity index (χ1n) is 3.70. The van der Waals surface area contributed by atoms with Crippen LogP contribution in [0.25, 0.3) is 0 Å². The molecule has 1 atom stereocenters. The summed E-state index contributed by atoms with van der Waals surface area (Å²) in [6.07, 6.45) is 2.80. The Morgan fingerprint density at radius 1 is 1.69 bits per heavy atom. The molecule has 0 aliphatic carbocycles. The molecule has 70 valence electrons. The average molecular weight is 182 g/mol. The molecule has 6 heteroatoms. The van der Waals surface area contributed by atoms with Crippen LogP contribution < -0.4 is 11.1 Å². The SMILES string of the molecule is CC(NC(=O)c1cn[nH]c1)C(N)=O. The Kier molecular flexibility index (Phi) is 2.63. The third kappa shape index (κ3) is 2.29. The van der Waals surface area contributed by atoms with Crippen molar-refractivity contribution in [2.45, 2.75) is 13.0 Å². The highest BCUT2D eigenvalue weighted by Gasteiger charge is 2.13. The number of nitrogens with one attached hydrogen (secondary N) is 2. The molecule has 0 fully saturated rings. The van der Waals surface area contributed by atoms with Crippen LogP contribution in [0.3, 0.4) is 0 Å². The Hall–Kier alpha value is -1.85. The van der Waals surface area contributed by atoms with Crippen molar-refractivity contribution in [2.24, 2.45) is 5.73 Å². The van der Waals surface area contributed by atoms with Gasteiger partial charge in [-0.1, -0.05) is 0 Å². The van der Waals surface area contributed by atoms with Gasteiger partial charge in [0, 0.05) is 6.20 Å². The number of carbonyl (C=O) groups is 2. The number of H-pyrrole nitrogens is 1. The number of hydrogen-bond acceptors (Lipinski definition) is 3. The number of amides is 2. The van der Waals surface area contributed by atoms with E-state index in [1.807, 2.05) is 0 Å². The zero-order valence-corrected chi connectivity index (χ0v) is 7.07. The molecule has 1 aromatic heterocycles. The van der Waals surface area contributed by atoms with Crippen molar-refractivity contribution in [1.29, 1.82) is 0 Å². The van der Waals surface area contributed by atoms with E-state index in [0.29, 0.717) is 5.56 Å². The topological polar surface area (TPSA) is 101 Å². The van der Waals surface area contributed by atoms with Gasteiger partial charge in [-0.05, 0) is 6.92 Å². The minimum Gasteiger partial charge on any atom is -0.368 e. The summed E-state index contributed by atoms with van der Waals surface area (Å²) in [5, 5.41) is 8.49. The standard InChI is InChI=1S/C7H10N4O2/c1-4(6(8)12)11-7(13)5-2-9-10-3-5/h2-4H,1H3,(H2,8,12)(H,9,10)(H,11,13). The molecule has 2 amide bonds. The summed E-state index contributed by atoms with van der Waals surface area (Å²) < 4.78 is 0. The number of rotatable bonds is 3. The van der Waals surface area contributed by atoms with Gasteiger partial charge in [-0.25, -0.2) is 0 Å². The van der Waals surface area contributed by atoms with Gasteiger partial charge in [-0.15, -0.1) is 0 Å². The van der Waals surface area contributed by atoms with Gasteiger partial charge in [0.25, 0.3) is 5.91 Å². The van der Waals surface area contributed by atoms with Gasteiger partial charge in [0.15, 0.2) is 0 Å². The van der Waals surface area contributed by atoms with Crippen molar-refractivity contribution < 1.29 is 9.59 Å². The monoisotopic (exact) mass is 182 g/mol. The molecule has 0 saturated heterocycles. The van der Waals surface area contributed by atoms with E-state index in [2.05, 4.69) is 15.5 Å². The van der Waals surface area contributed by atoms with Crippen LogP contribution in [0.1, 0.15) is 17.3 Å². The summed E-state index contributed by atoms with van der Waals surface area (Å²) in [4.78, 5) is 21.8. The van der Waals surface area contributed by atoms with E-state index < -0.39 is 11.9 Å². The molecule has 0 spiro atoms. The van der Waals surface area contributed by atoms with Crippen LogP contribution in [-0.2, 0) is 4.79 Å². The smallest absolute Gasteiger partial charge is 0.255 e. The maximum absolute atomic E-state index is 11.2. The zero-order chi connectivity index (χ0) is 9.84. The predicted octanol–water partition coefficient (Wildman–Crippen LogP) is -0.987. The summed E-state index contributed by atoms with van der Waals surface area (Å²) in [6.45, 7) is 1.51. The fraction of sp³-hybridized carbons (Fsp3) is 0.286. The van der Waals surface area contributed by atoms with E-state index in [1.165, 1.54) is 19.3 Å². The second-order valence-corrected chi connectivity index (χ2v) is 2.58. The molecule has 0 aromatic carbocycles. The van der Waals surface area contributed by atoms with Gasteiger partial charge in [0.1, 0.15) is 6.04 Å². The van der Waals surface area contributed by atoms with Crippen LogP contribution in [0.15, 0.2) is 12.4 Å². The molecule has 4 N–H and O–H groups in total. The summed E-state index contributed by atoms with van der Waals surface area (Å²) in [5.41, 5.74) is 5.33. The highest BCUT2D eigenvalue weighted by molar-refractivity contribution is 5.96. The van der Waals surface area contributed by atoms with Crippen LogP contribution >= 0.6 is 0 Å². The van der Waals surface area contributed by atoms with Gasteiger partial charge in [0.2, 0.25) is 5.91 Å². The molecule has 13 heavy (non-hydrogen) atoms. The van der Waals surface area contributed by atoms with Crippen LogP contribution in [-0.4, -0.2) is 28.1 Å². The number of primary amides is 1. The fourth-order valence-electron chi connectivity index (χ4n) is 0.726. The third-order valence-electron chi connectivity index (χ3n) is 1.53. The molecular weight excluding hydrogens is 172 g/mol. The first-order chi connectivity index (χ1) is 6.11. The zero-order valence-electron chi connectivity index (χ0n) is 7.07. The number of nitrogens with two attached hydrogens (primary N) is 1. The van der Waals surface area contributed by atoms with Crippen LogP contribution in [0, 0.1) is 0 Å². The Morgan fingerprint density at radius 2 is 2.38 bits per heavy atom. The molecule has 6 nitrogen and oxygen atoms in total. The second kappa shape index (κ2) is 3.70. The summed E-state index contributed by atoms with van der Waals surface area (Å²) in [7, 11) is 0. The second-order valence-electron chi connectivity index (χ2n) is 2.58. The average Bonchev–Trinajstić information content (AvgIpc) is 2.55.